The van der Waals surface area contributed by atoms with Crippen LogP contribution >= 0.6 is 0 Å². The monoisotopic (exact) mass is 365 g/mol. The molecule has 0 spiro atoms. The van der Waals surface area contributed by atoms with E-state index in [1.54, 1.807) is 0 Å². The molecule has 2 heterocycles. The van der Waals surface area contributed by atoms with Crippen LogP contribution in [-0.2, 0) is 0 Å². The van der Waals surface area contributed by atoms with Crippen LogP contribution in [0, 0.1) is 5.92 Å². The molecule has 1 aliphatic rings. The molecule has 144 valence electrons. The van der Waals surface area contributed by atoms with E-state index >= 15 is 0 Å². The quantitative estimate of drug-likeness (QED) is 0.441. The van der Waals surface area contributed by atoms with Crippen LogP contribution in [-0.4, -0.2) is 31.1 Å². The summed E-state index contributed by atoms with van der Waals surface area (Å²) < 4.78 is 12.0. The molecule has 4 rings (SSSR count). The topological polar surface area (TPSA) is 25.6 Å². The summed E-state index contributed by atoms with van der Waals surface area (Å²) in [5.41, 5.74) is 1.87. The maximum Gasteiger partial charge on any atom is 0.135 e. The lowest BCUT2D eigenvalue weighted by atomic mass is 9.94. The highest BCUT2D eigenvalue weighted by atomic mass is 16.5. The van der Waals surface area contributed by atoms with E-state index in [0.717, 1.165) is 46.6 Å². The van der Waals surface area contributed by atoms with Crippen molar-refractivity contribution >= 4 is 21.9 Å². The lowest BCUT2D eigenvalue weighted by molar-refractivity contribution is 0.161. The lowest BCUT2D eigenvalue weighted by Gasteiger charge is -2.31. The SMILES string of the molecule is CCCCCN1CCC(CCOc2ccc3oc4ccccc4c3c2)CC1. The summed E-state index contributed by atoms with van der Waals surface area (Å²) in [5.74, 6) is 1.76. The molecule has 3 heteroatoms. The number of para-hydroxylation sites is 1. The van der Waals surface area contributed by atoms with Gasteiger partial charge < -0.3 is 14.1 Å². The third-order valence-electron chi connectivity index (χ3n) is 5.93. The smallest absolute Gasteiger partial charge is 0.135 e. The van der Waals surface area contributed by atoms with Gasteiger partial charge in [-0.15, -0.1) is 0 Å². The van der Waals surface area contributed by atoms with Gasteiger partial charge in [0, 0.05) is 10.8 Å². The van der Waals surface area contributed by atoms with Crippen molar-refractivity contribution in [3.8, 4) is 5.75 Å². The fourth-order valence-electron chi connectivity index (χ4n) is 4.22. The number of benzene rings is 2. The number of ether oxygens (including phenoxy) is 1. The fraction of sp³-hybridized carbons (Fsp3) is 0.500. The summed E-state index contributed by atoms with van der Waals surface area (Å²) >= 11 is 0. The highest BCUT2D eigenvalue weighted by Crippen LogP contribution is 2.31. The van der Waals surface area contributed by atoms with E-state index in [2.05, 4.69) is 30.0 Å². The van der Waals surface area contributed by atoms with Crippen LogP contribution in [0.2, 0.25) is 0 Å². The molecule has 27 heavy (non-hydrogen) atoms. The molecular formula is C24H31NO2. The van der Waals surface area contributed by atoms with Crippen molar-refractivity contribution in [2.45, 2.75) is 45.4 Å². The Hall–Kier alpha value is -2.00. The van der Waals surface area contributed by atoms with E-state index in [9.17, 15) is 0 Å². The zero-order valence-electron chi connectivity index (χ0n) is 16.5. The Labute approximate surface area is 162 Å². The normalized spacial score (nSPS) is 16.3. The van der Waals surface area contributed by atoms with Crippen molar-refractivity contribution in [3.05, 3.63) is 42.5 Å². The minimum atomic E-state index is 0.807. The number of furan rings is 1. The van der Waals surface area contributed by atoms with Crippen LogP contribution in [0.25, 0.3) is 21.9 Å². The maximum atomic E-state index is 6.09. The molecule has 2 aromatic carbocycles. The number of piperidine rings is 1. The van der Waals surface area contributed by atoms with E-state index in [1.165, 1.54) is 51.7 Å². The van der Waals surface area contributed by atoms with E-state index in [1.807, 2.05) is 24.3 Å². The number of fused-ring (bicyclic) bond motifs is 3. The van der Waals surface area contributed by atoms with Crippen molar-refractivity contribution in [1.82, 2.24) is 4.90 Å². The van der Waals surface area contributed by atoms with Gasteiger partial charge in [0.2, 0.25) is 0 Å². The Balaban J connectivity index is 1.27. The third-order valence-corrected chi connectivity index (χ3v) is 5.93. The largest absolute Gasteiger partial charge is 0.494 e. The van der Waals surface area contributed by atoms with Crippen molar-refractivity contribution in [1.29, 1.82) is 0 Å². The van der Waals surface area contributed by atoms with Crippen LogP contribution < -0.4 is 4.74 Å². The predicted molar refractivity (Wildman–Crippen MR) is 113 cm³/mol. The molecule has 1 aromatic heterocycles. The first kappa shape index (κ1) is 18.4. The Kier molecular flexibility index (Phi) is 5.98. The van der Waals surface area contributed by atoms with Gasteiger partial charge >= 0.3 is 0 Å². The van der Waals surface area contributed by atoms with Crippen LogP contribution in [0.4, 0.5) is 0 Å². The average Bonchev–Trinajstić information content (AvgIpc) is 3.07. The summed E-state index contributed by atoms with van der Waals surface area (Å²) in [5, 5.41) is 2.30. The Morgan fingerprint density at radius 1 is 1.00 bits per heavy atom. The zero-order valence-corrected chi connectivity index (χ0v) is 16.5. The molecule has 0 atom stereocenters. The van der Waals surface area contributed by atoms with Crippen LogP contribution in [0.3, 0.4) is 0 Å². The maximum absolute atomic E-state index is 6.09. The first-order valence-corrected chi connectivity index (χ1v) is 10.6. The molecule has 0 saturated carbocycles. The number of hydrogen-bond acceptors (Lipinski definition) is 3. The Morgan fingerprint density at radius 2 is 1.81 bits per heavy atom. The van der Waals surface area contributed by atoms with Gasteiger partial charge in [-0.25, -0.2) is 0 Å². The molecule has 0 radical (unpaired) electrons. The van der Waals surface area contributed by atoms with Gasteiger partial charge in [0.15, 0.2) is 0 Å². The molecule has 3 nitrogen and oxygen atoms in total. The first-order chi connectivity index (χ1) is 13.3. The first-order valence-electron chi connectivity index (χ1n) is 10.6. The van der Waals surface area contributed by atoms with Crippen molar-refractivity contribution in [3.63, 3.8) is 0 Å². The molecule has 0 amide bonds. The van der Waals surface area contributed by atoms with Gasteiger partial charge in [-0.3, -0.25) is 0 Å². The van der Waals surface area contributed by atoms with Gasteiger partial charge in [-0.2, -0.15) is 0 Å². The molecule has 1 saturated heterocycles. The summed E-state index contributed by atoms with van der Waals surface area (Å²) in [7, 11) is 0. The van der Waals surface area contributed by atoms with Crippen molar-refractivity contribution in [2.75, 3.05) is 26.2 Å². The summed E-state index contributed by atoms with van der Waals surface area (Å²) in [6.07, 6.45) is 7.84. The van der Waals surface area contributed by atoms with Gasteiger partial charge in [-0.1, -0.05) is 38.0 Å². The van der Waals surface area contributed by atoms with Crippen LogP contribution in [0.1, 0.15) is 45.4 Å². The Morgan fingerprint density at radius 3 is 2.67 bits per heavy atom. The van der Waals surface area contributed by atoms with E-state index in [4.69, 9.17) is 9.15 Å². The lowest BCUT2D eigenvalue weighted by Crippen LogP contribution is -2.34. The average molecular weight is 366 g/mol. The third kappa shape index (κ3) is 4.47. The predicted octanol–water partition coefficient (Wildman–Crippen LogP) is 6.26. The summed E-state index contributed by atoms with van der Waals surface area (Å²) in [6.45, 7) is 6.90. The molecule has 1 aliphatic heterocycles. The molecule has 0 aliphatic carbocycles. The van der Waals surface area contributed by atoms with Gasteiger partial charge in [-0.05, 0) is 75.5 Å². The number of unbranched alkanes of at least 4 members (excludes halogenated alkanes) is 2. The fourth-order valence-corrected chi connectivity index (χ4v) is 4.22. The van der Waals surface area contributed by atoms with E-state index < -0.39 is 0 Å². The number of hydrogen-bond donors (Lipinski definition) is 0. The van der Waals surface area contributed by atoms with E-state index in [0.29, 0.717) is 0 Å². The second-order valence-corrected chi connectivity index (χ2v) is 7.89. The van der Waals surface area contributed by atoms with E-state index in [-0.39, 0.29) is 0 Å². The molecule has 3 aromatic rings. The highest BCUT2D eigenvalue weighted by Gasteiger charge is 2.18. The summed E-state index contributed by atoms with van der Waals surface area (Å²) in [4.78, 5) is 2.64. The molecular weight excluding hydrogens is 334 g/mol. The molecule has 0 N–H and O–H groups in total. The Bertz CT molecular complexity index is 861. The number of likely N-dealkylation sites (tertiary alicyclic amines) is 1. The second kappa shape index (κ2) is 8.79. The molecule has 0 bridgehead atoms. The van der Waals surface area contributed by atoms with Crippen molar-refractivity contribution < 1.29 is 9.15 Å². The molecule has 1 fully saturated rings. The zero-order chi connectivity index (χ0) is 18.5. The summed E-state index contributed by atoms with van der Waals surface area (Å²) in [6, 6.07) is 14.4. The van der Waals surface area contributed by atoms with Gasteiger partial charge in [0.25, 0.3) is 0 Å². The molecule has 0 unspecified atom stereocenters. The minimum absolute atomic E-state index is 0.807. The van der Waals surface area contributed by atoms with Crippen LogP contribution in [0.5, 0.6) is 5.75 Å². The standard InChI is InChI=1S/C24H31NO2/c1-2-3-6-14-25-15-11-19(12-16-25)13-17-26-20-9-10-24-22(18-20)21-7-4-5-8-23(21)27-24/h4-5,7-10,18-19H,2-3,6,11-17H2,1H3. The number of rotatable bonds is 8. The second-order valence-electron chi connectivity index (χ2n) is 7.89. The van der Waals surface area contributed by atoms with Crippen molar-refractivity contribution in [2.24, 2.45) is 5.92 Å². The van der Waals surface area contributed by atoms with Gasteiger partial charge in [0.05, 0.1) is 6.61 Å². The minimum Gasteiger partial charge on any atom is -0.494 e. The number of nitrogens with zero attached hydrogens (tertiary/aromatic N) is 1. The highest BCUT2D eigenvalue weighted by molar-refractivity contribution is 6.05. The van der Waals surface area contributed by atoms with Crippen LogP contribution in [0.15, 0.2) is 46.9 Å². The van der Waals surface area contributed by atoms with Gasteiger partial charge in [0.1, 0.15) is 16.9 Å².